The summed E-state index contributed by atoms with van der Waals surface area (Å²) in [5.74, 6) is -2.03. The largest absolute Gasteiger partial charge is 0.477 e. The standard InChI is InChI=1S/C70H115NO8/c1-6-8-10-12-14-16-18-20-22-24-26-28-30-31-32-33-34-35-36-37-39-41-43-45-47-49-51-53-55-57-59-61-68(73)79-66(65-78-70(69(74)75)76-63-62-71(3,4)5)64-77-67(72)60-58-56-54-52-50-48-46-44-42-40-38-29-27-25-23-21-19-17-15-13-11-9-7-2/h8-11,14-17,20-23,26-29,31-32,34-35,37,39,66,70H,6-7,12-13,18-19,24-25,30,33,36,38,40-65H2,1-5H3/p+1/b10-8-,11-9-,16-14-,17-15-,22-20-,23-21-,28-26-,29-27-,32-31-,35-34-,39-37-. The number of likely N-dealkylation sites (N-methyl/N-ethyl adjacent to an activating group) is 1. The summed E-state index contributed by atoms with van der Waals surface area (Å²) in [6.45, 7) is 4.63. The average molecular weight is 1100 g/mol. The number of carbonyl (C=O) groups is 3. The lowest BCUT2D eigenvalue weighted by molar-refractivity contribution is -0.870. The molecule has 0 amide bonds. The van der Waals surface area contributed by atoms with E-state index in [-0.39, 0.29) is 38.6 Å². The van der Waals surface area contributed by atoms with Crippen molar-refractivity contribution in [2.45, 2.75) is 245 Å². The molecule has 0 aromatic rings. The van der Waals surface area contributed by atoms with Crippen molar-refractivity contribution < 1.29 is 42.9 Å². The van der Waals surface area contributed by atoms with Crippen molar-refractivity contribution in [1.29, 1.82) is 0 Å². The molecule has 0 saturated heterocycles. The van der Waals surface area contributed by atoms with E-state index in [0.29, 0.717) is 17.4 Å². The summed E-state index contributed by atoms with van der Waals surface area (Å²) in [5.41, 5.74) is 0. The van der Waals surface area contributed by atoms with Crippen LogP contribution in [0.15, 0.2) is 134 Å². The first-order valence-corrected chi connectivity index (χ1v) is 31.3. The molecule has 0 fully saturated rings. The van der Waals surface area contributed by atoms with Crippen LogP contribution in [0, 0.1) is 0 Å². The number of aliphatic carboxylic acids is 1. The molecular weight excluding hydrogens is 983 g/mol. The number of ether oxygens (including phenoxy) is 4. The lowest BCUT2D eigenvalue weighted by atomic mass is 10.1. The van der Waals surface area contributed by atoms with Crippen molar-refractivity contribution in [3.8, 4) is 0 Å². The van der Waals surface area contributed by atoms with E-state index in [0.717, 1.165) is 122 Å². The van der Waals surface area contributed by atoms with Gasteiger partial charge in [0.2, 0.25) is 0 Å². The summed E-state index contributed by atoms with van der Waals surface area (Å²) in [4.78, 5) is 37.5. The molecule has 448 valence electrons. The molecule has 0 aromatic carbocycles. The number of nitrogens with zero attached hydrogens (tertiary/aromatic N) is 1. The molecule has 2 unspecified atom stereocenters. The van der Waals surface area contributed by atoms with Crippen LogP contribution in [0.1, 0.15) is 232 Å². The lowest BCUT2D eigenvalue weighted by Crippen LogP contribution is -2.40. The molecule has 2 atom stereocenters. The Kier molecular flexibility index (Phi) is 56.1. The second-order valence-electron chi connectivity index (χ2n) is 21.6. The third-order valence-corrected chi connectivity index (χ3v) is 12.9. The van der Waals surface area contributed by atoms with Crippen LogP contribution in [-0.4, -0.2) is 87.4 Å². The highest BCUT2D eigenvalue weighted by atomic mass is 16.7. The van der Waals surface area contributed by atoms with Crippen LogP contribution in [0.5, 0.6) is 0 Å². The van der Waals surface area contributed by atoms with Gasteiger partial charge in [-0.15, -0.1) is 0 Å². The summed E-state index contributed by atoms with van der Waals surface area (Å²) < 4.78 is 22.9. The van der Waals surface area contributed by atoms with Crippen LogP contribution in [0.2, 0.25) is 0 Å². The highest BCUT2D eigenvalue weighted by Crippen LogP contribution is 2.15. The summed E-state index contributed by atoms with van der Waals surface area (Å²) in [7, 11) is 5.96. The van der Waals surface area contributed by atoms with E-state index in [1.54, 1.807) is 0 Å². The topological polar surface area (TPSA) is 108 Å². The van der Waals surface area contributed by atoms with E-state index in [1.807, 2.05) is 21.1 Å². The highest BCUT2D eigenvalue weighted by Gasteiger charge is 2.25. The number of rotatable bonds is 56. The number of esters is 2. The second kappa shape index (κ2) is 59.5. The van der Waals surface area contributed by atoms with Crippen molar-refractivity contribution in [1.82, 2.24) is 0 Å². The normalized spacial score (nSPS) is 13.7. The van der Waals surface area contributed by atoms with E-state index in [4.69, 9.17) is 18.9 Å². The molecule has 0 aromatic heterocycles. The molecule has 0 heterocycles. The predicted molar refractivity (Wildman–Crippen MR) is 336 cm³/mol. The van der Waals surface area contributed by atoms with Gasteiger partial charge in [0.15, 0.2) is 6.10 Å². The van der Waals surface area contributed by atoms with Gasteiger partial charge in [-0.1, -0.05) is 244 Å². The summed E-state index contributed by atoms with van der Waals surface area (Å²) in [6, 6.07) is 0. The molecule has 0 saturated carbocycles. The van der Waals surface area contributed by atoms with Crippen LogP contribution in [-0.2, 0) is 33.3 Å². The zero-order valence-electron chi connectivity index (χ0n) is 51.0. The van der Waals surface area contributed by atoms with E-state index < -0.39 is 24.3 Å². The third-order valence-electron chi connectivity index (χ3n) is 12.9. The molecule has 79 heavy (non-hydrogen) atoms. The number of unbranched alkanes of at least 4 members (excludes halogenated alkanes) is 19. The third kappa shape index (κ3) is 60.9. The molecule has 1 N–H and O–H groups in total. The Morgan fingerprint density at radius 3 is 1.01 bits per heavy atom. The van der Waals surface area contributed by atoms with Gasteiger partial charge in [0.05, 0.1) is 34.4 Å². The fourth-order valence-electron chi connectivity index (χ4n) is 8.16. The maximum Gasteiger partial charge on any atom is 0.361 e. The summed E-state index contributed by atoms with van der Waals surface area (Å²) in [6.07, 6.45) is 82.4. The van der Waals surface area contributed by atoms with Crippen molar-refractivity contribution in [2.24, 2.45) is 0 Å². The Bertz CT molecular complexity index is 1750. The van der Waals surface area contributed by atoms with Gasteiger partial charge in [0.1, 0.15) is 13.2 Å². The number of carboxylic acid groups (broad SMARTS) is 1. The molecule has 0 aliphatic carbocycles. The Morgan fingerprint density at radius 1 is 0.380 bits per heavy atom. The lowest BCUT2D eigenvalue weighted by Gasteiger charge is -2.25. The zero-order valence-corrected chi connectivity index (χ0v) is 51.0. The molecule has 0 aliphatic heterocycles. The van der Waals surface area contributed by atoms with Crippen molar-refractivity contribution in [2.75, 3.05) is 47.5 Å². The minimum Gasteiger partial charge on any atom is -0.477 e. The Labute approximate surface area is 484 Å². The van der Waals surface area contributed by atoms with Gasteiger partial charge in [-0.3, -0.25) is 9.59 Å². The van der Waals surface area contributed by atoms with Gasteiger partial charge in [0.25, 0.3) is 6.29 Å². The van der Waals surface area contributed by atoms with Gasteiger partial charge in [-0.05, 0) is 109 Å². The molecule has 0 spiro atoms. The molecule has 9 nitrogen and oxygen atoms in total. The Hall–Kier alpha value is -4.57. The molecule has 9 heteroatoms. The first-order chi connectivity index (χ1) is 38.6. The van der Waals surface area contributed by atoms with E-state index in [1.165, 1.54) is 77.0 Å². The Balaban J connectivity index is 4.25. The number of carbonyl (C=O) groups excluding carboxylic acids is 2. The van der Waals surface area contributed by atoms with Crippen LogP contribution in [0.25, 0.3) is 0 Å². The minimum atomic E-state index is -1.52. The van der Waals surface area contributed by atoms with Gasteiger partial charge in [0, 0.05) is 12.8 Å². The molecular formula is C70H116NO8+. The van der Waals surface area contributed by atoms with E-state index in [2.05, 4.69) is 148 Å². The quantitative estimate of drug-likeness (QED) is 0.0211. The first kappa shape index (κ1) is 74.4. The number of quaternary nitrogens is 1. The number of carboxylic acids is 1. The van der Waals surface area contributed by atoms with Crippen LogP contribution in [0.4, 0.5) is 0 Å². The first-order valence-electron chi connectivity index (χ1n) is 31.3. The maximum absolute atomic E-state index is 12.9. The van der Waals surface area contributed by atoms with Gasteiger partial charge < -0.3 is 28.5 Å². The summed E-state index contributed by atoms with van der Waals surface area (Å²) >= 11 is 0. The van der Waals surface area contributed by atoms with Crippen LogP contribution >= 0.6 is 0 Å². The molecule has 0 aliphatic rings. The van der Waals surface area contributed by atoms with E-state index in [9.17, 15) is 19.5 Å². The number of allylic oxidation sites excluding steroid dienone is 22. The monoisotopic (exact) mass is 1100 g/mol. The SMILES string of the molecule is CC/C=C\C/C=C\C/C=C\C/C=C\C/C=C\C/C=C\C/C=C\CCCCCCCCCCCC(=O)OC(COC(=O)CCCCCCCCCCCC/C=C\C/C=C\C/C=C\C/C=C\CC)COC(OCC[N+](C)(C)C)C(=O)O. The van der Waals surface area contributed by atoms with Crippen LogP contribution < -0.4 is 0 Å². The van der Waals surface area contributed by atoms with E-state index >= 15 is 0 Å². The molecule has 0 radical (unpaired) electrons. The second-order valence-corrected chi connectivity index (χ2v) is 21.6. The fraction of sp³-hybridized carbons (Fsp3) is 0.643. The molecule has 0 rings (SSSR count). The fourth-order valence-corrected chi connectivity index (χ4v) is 8.16. The van der Waals surface area contributed by atoms with Gasteiger partial charge >= 0.3 is 17.9 Å². The van der Waals surface area contributed by atoms with Gasteiger partial charge in [-0.2, -0.15) is 0 Å². The number of hydrogen-bond donors (Lipinski definition) is 1. The van der Waals surface area contributed by atoms with Crippen LogP contribution in [0.3, 0.4) is 0 Å². The predicted octanol–water partition coefficient (Wildman–Crippen LogP) is 19.0. The van der Waals surface area contributed by atoms with Crippen molar-refractivity contribution in [3.05, 3.63) is 134 Å². The average Bonchev–Trinajstić information content (AvgIpc) is 3.42. The maximum atomic E-state index is 12.9. The van der Waals surface area contributed by atoms with Gasteiger partial charge in [-0.25, -0.2) is 4.79 Å². The zero-order chi connectivity index (χ0) is 57.6. The van der Waals surface area contributed by atoms with Crippen molar-refractivity contribution >= 4 is 17.9 Å². The summed E-state index contributed by atoms with van der Waals surface area (Å²) in [5, 5.41) is 9.73. The number of hydrogen-bond acceptors (Lipinski definition) is 7. The minimum absolute atomic E-state index is 0.179. The smallest absolute Gasteiger partial charge is 0.361 e. The van der Waals surface area contributed by atoms with Crippen molar-refractivity contribution in [3.63, 3.8) is 0 Å². The highest BCUT2D eigenvalue weighted by molar-refractivity contribution is 5.71. The molecule has 0 bridgehead atoms. The Morgan fingerprint density at radius 2 is 0.684 bits per heavy atom.